The molecule has 0 saturated carbocycles. The monoisotopic (exact) mass is 424 g/mol. The number of thiazole rings is 1. The van der Waals surface area contributed by atoms with E-state index in [4.69, 9.17) is 4.98 Å². The minimum absolute atomic E-state index is 0.00826. The Hall–Kier alpha value is -3.10. The second-order valence-electron chi connectivity index (χ2n) is 7.41. The molecular weight excluding hydrogens is 400 g/mol. The number of nitro benzene ring substituents is 1. The van der Waals surface area contributed by atoms with Gasteiger partial charge in [0.25, 0.3) is 11.6 Å². The lowest BCUT2D eigenvalue weighted by atomic mass is 10.1. The van der Waals surface area contributed by atoms with Crippen molar-refractivity contribution in [1.29, 1.82) is 0 Å². The number of carbonyl (C=O) groups is 1. The summed E-state index contributed by atoms with van der Waals surface area (Å²) in [5, 5.41) is 11.6. The topological polar surface area (TPSA) is 79.6 Å². The molecule has 0 aliphatic heterocycles. The fourth-order valence-electron chi connectivity index (χ4n) is 3.08. The Morgan fingerprint density at radius 3 is 2.67 bits per heavy atom. The molecule has 156 valence electrons. The largest absolute Gasteiger partial charge is 0.308 e. The van der Waals surface area contributed by atoms with Crippen molar-refractivity contribution in [3.63, 3.8) is 0 Å². The molecule has 0 unspecified atom stereocenters. The number of rotatable bonds is 7. The Labute approximate surface area is 179 Å². The van der Waals surface area contributed by atoms with Crippen molar-refractivity contribution < 1.29 is 9.72 Å². The van der Waals surface area contributed by atoms with Crippen LogP contribution in [0.1, 0.15) is 16.7 Å². The molecule has 8 heteroatoms. The Morgan fingerprint density at radius 2 is 1.97 bits per heavy atom. The van der Waals surface area contributed by atoms with Gasteiger partial charge in [0.2, 0.25) is 0 Å². The van der Waals surface area contributed by atoms with Crippen LogP contribution < -0.4 is 4.90 Å². The number of likely N-dealkylation sites (N-methyl/N-ethyl adjacent to an activating group) is 1. The molecule has 0 aliphatic carbocycles. The summed E-state index contributed by atoms with van der Waals surface area (Å²) in [7, 11) is 3.90. The van der Waals surface area contributed by atoms with Crippen LogP contribution >= 0.6 is 11.3 Å². The predicted molar refractivity (Wildman–Crippen MR) is 122 cm³/mol. The zero-order chi connectivity index (χ0) is 21.8. The molecule has 0 radical (unpaired) electrons. The standard InChI is InChI=1S/C22H24N4O3S/c1-15-12-16(2)21-19(13-15)23-22(30-21)25(11-10-24(3)4)20(27)9-8-17-6-5-7-18(14-17)26(28)29/h5-9,12-14H,10-11H2,1-4H3/b9-8+. The minimum Gasteiger partial charge on any atom is -0.308 e. The Morgan fingerprint density at radius 1 is 1.20 bits per heavy atom. The Kier molecular flexibility index (Phi) is 6.59. The second kappa shape index (κ2) is 9.15. The van der Waals surface area contributed by atoms with Crippen molar-refractivity contribution in [2.24, 2.45) is 0 Å². The fraction of sp³-hybridized carbons (Fsp3) is 0.273. The normalized spacial score (nSPS) is 11.5. The molecule has 2 aromatic carbocycles. The van der Waals surface area contributed by atoms with Gasteiger partial charge in [-0.05, 0) is 56.8 Å². The van der Waals surface area contributed by atoms with Gasteiger partial charge in [-0.2, -0.15) is 0 Å². The second-order valence-corrected chi connectivity index (χ2v) is 8.38. The van der Waals surface area contributed by atoms with E-state index in [9.17, 15) is 14.9 Å². The summed E-state index contributed by atoms with van der Waals surface area (Å²) in [5.41, 5.74) is 3.75. The molecule has 0 saturated heterocycles. The third-order valence-electron chi connectivity index (χ3n) is 4.58. The predicted octanol–water partition coefficient (Wildman–Crippen LogP) is 4.43. The molecule has 0 spiro atoms. The third kappa shape index (κ3) is 5.08. The smallest absolute Gasteiger partial charge is 0.270 e. The first-order valence-corrected chi connectivity index (χ1v) is 10.3. The van der Waals surface area contributed by atoms with Crippen LogP contribution in [0.15, 0.2) is 42.5 Å². The first-order valence-electron chi connectivity index (χ1n) is 9.51. The third-order valence-corrected chi connectivity index (χ3v) is 5.81. The number of amides is 1. The molecule has 0 fully saturated rings. The van der Waals surface area contributed by atoms with Crippen LogP contribution in [0, 0.1) is 24.0 Å². The number of nitro groups is 1. The van der Waals surface area contributed by atoms with E-state index in [0.717, 1.165) is 21.3 Å². The van der Waals surface area contributed by atoms with E-state index in [1.807, 2.05) is 38.9 Å². The quantitative estimate of drug-likeness (QED) is 0.318. The lowest BCUT2D eigenvalue weighted by Crippen LogP contribution is -2.35. The van der Waals surface area contributed by atoms with Gasteiger partial charge in [-0.15, -0.1) is 0 Å². The highest BCUT2D eigenvalue weighted by atomic mass is 32.1. The average molecular weight is 425 g/mol. The van der Waals surface area contributed by atoms with Gasteiger partial charge in [-0.3, -0.25) is 19.8 Å². The molecule has 0 aliphatic rings. The van der Waals surface area contributed by atoms with Crippen LogP contribution in [-0.2, 0) is 4.79 Å². The first-order chi connectivity index (χ1) is 14.2. The fourth-order valence-corrected chi connectivity index (χ4v) is 4.13. The SMILES string of the molecule is Cc1cc(C)c2sc(N(CCN(C)C)C(=O)/C=C/c3cccc([N+](=O)[O-])c3)nc2c1. The van der Waals surface area contributed by atoms with Gasteiger partial charge in [0.15, 0.2) is 5.13 Å². The highest BCUT2D eigenvalue weighted by molar-refractivity contribution is 7.22. The highest BCUT2D eigenvalue weighted by Crippen LogP contribution is 2.32. The molecular formula is C22H24N4O3S. The van der Waals surface area contributed by atoms with Gasteiger partial charge in [-0.25, -0.2) is 4.98 Å². The lowest BCUT2D eigenvalue weighted by molar-refractivity contribution is -0.384. The van der Waals surface area contributed by atoms with E-state index in [-0.39, 0.29) is 11.6 Å². The van der Waals surface area contributed by atoms with Crippen LogP contribution in [0.2, 0.25) is 0 Å². The number of hydrogen-bond acceptors (Lipinski definition) is 6. The Balaban J connectivity index is 1.91. The summed E-state index contributed by atoms with van der Waals surface area (Å²) in [4.78, 5) is 31.9. The summed E-state index contributed by atoms with van der Waals surface area (Å²) in [6.07, 6.45) is 3.04. The van der Waals surface area contributed by atoms with Crippen molar-refractivity contribution in [2.75, 3.05) is 32.1 Å². The zero-order valence-corrected chi connectivity index (χ0v) is 18.3. The number of hydrogen-bond donors (Lipinski definition) is 0. The van der Waals surface area contributed by atoms with Crippen LogP contribution in [0.4, 0.5) is 10.8 Å². The highest BCUT2D eigenvalue weighted by Gasteiger charge is 2.19. The summed E-state index contributed by atoms with van der Waals surface area (Å²) in [6.45, 7) is 5.25. The molecule has 0 N–H and O–H groups in total. The number of anilines is 1. The maximum atomic E-state index is 13.0. The van der Waals surface area contributed by atoms with Crippen LogP contribution in [0.3, 0.4) is 0 Å². The van der Waals surface area contributed by atoms with Gasteiger partial charge in [-0.1, -0.05) is 29.5 Å². The van der Waals surface area contributed by atoms with Gasteiger partial charge < -0.3 is 4.90 Å². The maximum Gasteiger partial charge on any atom is 0.270 e. The zero-order valence-electron chi connectivity index (χ0n) is 17.5. The van der Waals surface area contributed by atoms with Crippen molar-refractivity contribution in [3.8, 4) is 0 Å². The number of benzene rings is 2. The number of fused-ring (bicyclic) bond motifs is 1. The molecule has 30 heavy (non-hydrogen) atoms. The molecule has 3 aromatic rings. The van der Waals surface area contributed by atoms with E-state index in [0.29, 0.717) is 23.8 Å². The minimum atomic E-state index is -0.450. The van der Waals surface area contributed by atoms with E-state index < -0.39 is 4.92 Å². The lowest BCUT2D eigenvalue weighted by Gasteiger charge is -2.20. The van der Waals surface area contributed by atoms with Crippen molar-refractivity contribution in [2.45, 2.75) is 13.8 Å². The average Bonchev–Trinajstić information content (AvgIpc) is 3.10. The summed E-state index contributed by atoms with van der Waals surface area (Å²) in [6, 6.07) is 10.3. The van der Waals surface area contributed by atoms with Crippen molar-refractivity contribution in [1.82, 2.24) is 9.88 Å². The van der Waals surface area contributed by atoms with Gasteiger partial charge >= 0.3 is 0 Å². The number of non-ortho nitro benzene ring substituents is 1. The first kappa shape index (κ1) is 21.6. The summed E-state index contributed by atoms with van der Waals surface area (Å²) in [5.74, 6) is -0.211. The molecule has 7 nitrogen and oxygen atoms in total. The number of aryl methyl sites for hydroxylation is 2. The molecule has 1 heterocycles. The molecule has 1 aromatic heterocycles. The van der Waals surface area contributed by atoms with Crippen LogP contribution in [0.5, 0.6) is 0 Å². The maximum absolute atomic E-state index is 13.0. The number of carbonyl (C=O) groups excluding carboxylic acids is 1. The molecule has 0 atom stereocenters. The summed E-state index contributed by atoms with van der Waals surface area (Å²) < 4.78 is 1.07. The van der Waals surface area contributed by atoms with Crippen LogP contribution in [0.25, 0.3) is 16.3 Å². The molecule has 0 bridgehead atoms. The van der Waals surface area contributed by atoms with Crippen molar-refractivity contribution in [3.05, 3.63) is 69.3 Å². The molecule has 3 rings (SSSR count). The Bertz CT molecular complexity index is 1120. The van der Waals surface area contributed by atoms with E-state index in [2.05, 4.69) is 6.07 Å². The van der Waals surface area contributed by atoms with Crippen molar-refractivity contribution >= 4 is 44.4 Å². The van der Waals surface area contributed by atoms with Gasteiger partial charge in [0.1, 0.15) is 0 Å². The summed E-state index contributed by atoms with van der Waals surface area (Å²) >= 11 is 1.50. The van der Waals surface area contributed by atoms with E-state index in [1.165, 1.54) is 29.5 Å². The van der Waals surface area contributed by atoms with Gasteiger partial charge in [0.05, 0.1) is 15.1 Å². The van der Waals surface area contributed by atoms with E-state index in [1.54, 1.807) is 23.1 Å². The van der Waals surface area contributed by atoms with Crippen LogP contribution in [-0.4, -0.2) is 47.9 Å². The number of nitrogens with zero attached hydrogens (tertiary/aromatic N) is 4. The molecule has 1 amide bonds. The van der Waals surface area contributed by atoms with Gasteiger partial charge in [0, 0.05) is 31.3 Å². The number of aromatic nitrogens is 1. The van der Waals surface area contributed by atoms with E-state index >= 15 is 0 Å².